The van der Waals surface area contributed by atoms with Gasteiger partial charge in [-0.05, 0) is 40.2 Å². The molecule has 0 aliphatic carbocycles. The van der Waals surface area contributed by atoms with Crippen LogP contribution in [0, 0.1) is 0 Å². The molecule has 3 aromatic rings. The predicted octanol–water partition coefficient (Wildman–Crippen LogP) is 3.06. The second kappa shape index (κ2) is 5.92. The number of hydrogen-bond donors (Lipinski definition) is 1. The monoisotopic (exact) mass is 346 g/mol. The van der Waals surface area contributed by atoms with Crippen molar-refractivity contribution < 1.29 is 9.15 Å². The molecular weight excluding hydrogens is 336 g/mol. The summed E-state index contributed by atoms with van der Waals surface area (Å²) in [5.41, 5.74) is 7.06. The Morgan fingerprint density at radius 3 is 2.81 bits per heavy atom. The topological polar surface area (TPSA) is 87.1 Å². The second-order valence-electron chi connectivity index (χ2n) is 4.14. The van der Waals surface area contributed by atoms with E-state index >= 15 is 0 Å². The number of nitrogens with two attached hydrogens (primary N) is 1. The summed E-state index contributed by atoms with van der Waals surface area (Å²) in [4.78, 5) is 12.4. The normalized spacial score (nSPS) is 10.5. The molecule has 0 saturated carbocycles. The molecule has 0 aliphatic rings. The van der Waals surface area contributed by atoms with Gasteiger partial charge in [0, 0.05) is 6.20 Å². The summed E-state index contributed by atoms with van der Waals surface area (Å²) in [5.74, 6) is 1.04. The van der Waals surface area contributed by atoms with Crippen LogP contribution >= 0.6 is 15.9 Å². The van der Waals surface area contributed by atoms with E-state index < -0.39 is 0 Å². The van der Waals surface area contributed by atoms with Crippen LogP contribution < -0.4 is 10.5 Å². The zero-order chi connectivity index (χ0) is 14.7. The van der Waals surface area contributed by atoms with Crippen molar-refractivity contribution in [2.24, 2.45) is 0 Å². The zero-order valence-corrected chi connectivity index (χ0v) is 12.4. The molecule has 0 amide bonds. The average molecular weight is 347 g/mol. The third-order valence-corrected chi connectivity index (χ3v) is 3.39. The molecule has 0 radical (unpaired) electrons. The maximum atomic E-state index is 5.72. The van der Waals surface area contributed by atoms with E-state index in [2.05, 4.69) is 30.9 Å². The van der Waals surface area contributed by atoms with Crippen LogP contribution in [0.1, 0.15) is 5.69 Å². The zero-order valence-electron chi connectivity index (χ0n) is 10.9. The van der Waals surface area contributed by atoms with Crippen molar-refractivity contribution >= 4 is 21.9 Å². The summed E-state index contributed by atoms with van der Waals surface area (Å²) < 4.78 is 11.6. The Kier molecular flexibility index (Phi) is 3.83. The lowest BCUT2D eigenvalue weighted by molar-refractivity contribution is 0.287. The number of furan rings is 1. The average Bonchev–Trinajstić information content (AvgIpc) is 3.03. The van der Waals surface area contributed by atoms with Crippen molar-refractivity contribution in [3.05, 3.63) is 53.0 Å². The molecule has 0 fully saturated rings. The summed E-state index contributed by atoms with van der Waals surface area (Å²) in [6.07, 6.45) is 3.27. The Balaban J connectivity index is 1.89. The SMILES string of the molecule is Nc1nc(OCc2ccccn2)c(Br)c(-c2ccco2)n1. The lowest BCUT2D eigenvalue weighted by Crippen LogP contribution is -2.04. The third kappa shape index (κ3) is 3.03. The van der Waals surface area contributed by atoms with Crippen LogP contribution in [0.4, 0.5) is 5.95 Å². The molecule has 2 N–H and O–H groups in total. The fourth-order valence-electron chi connectivity index (χ4n) is 1.74. The van der Waals surface area contributed by atoms with Gasteiger partial charge in [-0.1, -0.05) is 6.07 Å². The highest BCUT2D eigenvalue weighted by Crippen LogP contribution is 2.34. The molecule has 0 aliphatic heterocycles. The number of aromatic nitrogens is 3. The van der Waals surface area contributed by atoms with Gasteiger partial charge in [0.05, 0.1) is 12.0 Å². The van der Waals surface area contributed by atoms with Gasteiger partial charge in [0.2, 0.25) is 11.8 Å². The molecule has 0 aromatic carbocycles. The number of rotatable bonds is 4. The van der Waals surface area contributed by atoms with Gasteiger partial charge in [-0.3, -0.25) is 4.98 Å². The van der Waals surface area contributed by atoms with Gasteiger partial charge < -0.3 is 14.9 Å². The van der Waals surface area contributed by atoms with Crippen LogP contribution in [0.15, 0.2) is 51.7 Å². The van der Waals surface area contributed by atoms with Gasteiger partial charge in [0.15, 0.2) is 5.76 Å². The minimum Gasteiger partial charge on any atom is -0.470 e. The molecule has 3 rings (SSSR count). The Morgan fingerprint density at radius 2 is 2.10 bits per heavy atom. The van der Waals surface area contributed by atoms with E-state index in [1.165, 1.54) is 0 Å². The highest BCUT2D eigenvalue weighted by atomic mass is 79.9. The summed E-state index contributed by atoms with van der Waals surface area (Å²) in [6, 6.07) is 9.16. The number of nitrogen functional groups attached to an aromatic ring is 1. The molecule has 21 heavy (non-hydrogen) atoms. The van der Waals surface area contributed by atoms with E-state index in [4.69, 9.17) is 14.9 Å². The first-order chi connectivity index (χ1) is 10.2. The standard InChI is InChI=1S/C14H11BrN4O2/c15-11-12(10-5-3-7-20-10)18-14(16)19-13(11)21-8-9-4-1-2-6-17-9/h1-7H,8H2,(H2,16,18,19). The Bertz CT molecular complexity index is 732. The number of ether oxygens (including phenoxy) is 1. The molecule has 0 spiro atoms. The van der Waals surface area contributed by atoms with E-state index in [-0.39, 0.29) is 12.6 Å². The number of pyridine rings is 1. The maximum Gasteiger partial charge on any atom is 0.234 e. The predicted molar refractivity (Wildman–Crippen MR) is 80.4 cm³/mol. The van der Waals surface area contributed by atoms with Crippen molar-refractivity contribution in [1.29, 1.82) is 0 Å². The third-order valence-electron chi connectivity index (χ3n) is 2.68. The molecule has 6 nitrogen and oxygen atoms in total. The Hall–Kier alpha value is -2.41. The van der Waals surface area contributed by atoms with Gasteiger partial charge in [-0.15, -0.1) is 0 Å². The molecule has 0 bridgehead atoms. The lowest BCUT2D eigenvalue weighted by atomic mass is 10.3. The number of anilines is 1. The summed E-state index contributed by atoms with van der Waals surface area (Å²) in [5, 5.41) is 0. The highest BCUT2D eigenvalue weighted by molar-refractivity contribution is 9.10. The van der Waals surface area contributed by atoms with Crippen LogP contribution in [0.2, 0.25) is 0 Å². The van der Waals surface area contributed by atoms with E-state index in [1.807, 2.05) is 18.2 Å². The second-order valence-corrected chi connectivity index (χ2v) is 4.93. The van der Waals surface area contributed by atoms with Crippen LogP contribution in [0.25, 0.3) is 11.5 Å². The minimum absolute atomic E-state index is 0.112. The van der Waals surface area contributed by atoms with Gasteiger partial charge in [-0.25, -0.2) is 4.98 Å². The number of halogens is 1. The fourth-order valence-corrected chi connectivity index (χ4v) is 2.23. The smallest absolute Gasteiger partial charge is 0.234 e. The summed E-state index contributed by atoms with van der Waals surface area (Å²) >= 11 is 3.42. The Labute approximate surface area is 129 Å². The molecule has 0 unspecified atom stereocenters. The van der Waals surface area contributed by atoms with Gasteiger partial charge in [0.1, 0.15) is 16.8 Å². The van der Waals surface area contributed by atoms with Crippen molar-refractivity contribution in [3.8, 4) is 17.3 Å². The lowest BCUT2D eigenvalue weighted by Gasteiger charge is -2.09. The molecule has 7 heteroatoms. The quantitative estimate of drug-likeness (QED) is 0.781. The molecule has 3 aromatic heterocycles. The largest absolute Gasteiger partial charge is 0.470 e. The number of hydrogen-bond acceptors (Lipinski definition) is 6. The van der Waals surface area contributed by atoms with Crippen LogP contribution in [0.3, 0.4) is 0 Å². The van der Waals surface area contributed by atoms with Crippen molar-refractivity contribution in [3.63, 3.8) is 0 Å². The van der Waals surface area contributed by atoms with Crippen molar-refractivity contribution in [1.82, 2.24) is 15.0 Å². The molecule has 3 heterocycles. The highest BCUT2D eigenvalue weighted by Gasteiger charge is 2.16. The molecular formula is C14H11BrN4O2. The van der Waals surface area contributed by atoms with Gasteiger partial charge in [-0.2, -0.15) is 4.98 Å². The molecule has 0 atom stereocenters. The summed E-state index contributed by atoms with van der Waals surface area (Å²) in [7, 11) is 0. The van der Waals surface area contributed by atoms with E-state index in [0.717, 1.165) is 5.69 Å². The van der Waals surface area contributed by atoms with Gasteiger partial charge in [0.25, 0.3) is 0 Å². The number of nitrogens with zero attached hydrogens (tertiary/aromatic N) is 3. The Morgan fingerprint density at radius 1 is 1.19 bits per heavy atom. The first-order valence-electron chi connectivity index (χ1n) is 6.13. The van der Waals surface area contributed by atoms with Gasteiger partial charge >= 0.3 is 0 Å². The minimum atomic E-state index is 0.112. The first-order valence-corrected chi connectivity index (χ1v) is 6.93. The van der Waals surface area contributed by atoms with Crippen LogP contribution in [-0.4, -0.2) is 15.0 Å². The van der Waals surface area contributed by atoms with E-state index in [0.29, 0.717) is 21.8 Å². The van der Waals surface area contributed by atoms with Crippen LogP contribution in [0.5, 0.6) is 5.88 Å². The fraction of sp³-hybridized carbons (Fsp3) is 0.0714. The molecule has 0 saturated heterocycles. The van der Waals surface area contributed by atoms with Crippen molar-refractivity contribution in [2.45, 2.75) is 6.61 Å². The van der Waals surface area contributed by atoms with Crippen molar-refractivity contribution in [2.75, 3.05) is 5.73 Å². The summed E-state index contributed by atoms with van der Waals surface area (Å²) in [6.45, 7) is 0.285. The maximum absolute atomic E-state index is 5.72. The van der Waals surface area contributed by atoms with E-state index in [9.17, 15) is 0 Å². The molecule has 106 valence electrons. The van der Waals surface area contributed by atoms with Crippen LogP contribution in [-0.2, 0) is 6.61 Å². The van der Waals surface area contributed by atoms with E-state index in [1.54, 1.807) is 24.6 Å². The first kappa shape index (κ1) is 13.6.